The summed E-state index contributed by atoms with van der Waals surface area (Å²) >= 11 is 0. The van der Waals surface area contributed by atoms with Crippen LogP contribution in [-0.4, -0.2) is 32.4 Å². The van der Waals surface area contributed by atoms with Gasteiger partial charge in [0.1, 0.15) is 5.75 Å². The summed E-state index contributed by atoms with van der Waals surface area (Å²) in [6, 6.07) is 17.4. The number of unbranched alkanes of at least 4 members (excludes halogenated alkanes) is 1. The SMILES string of the molecule is CCCCOc1ccc(S(=O)(=O)N2CCC(CCc3ccccc3)CC2)cc1. The summed E-state index contributed by atoms with van der Waals surface area (Å²) in [4.78, 5) is 0.359. The molecule has 0 atom stereocenters. The van der Waals surface area contributed by atoms with Gasteiger partial charge in [-0.2, -0.15) is 4.31 Å². The molecule has 28 heavy (non-hydrogen) atoms. The van der Waals surface area contributed by atoms with Gasteiger partial charge in [-0.3, -0.25) is 0 Å². The van der Waals surface area contributed by atoms with Crippen molar-refractivity contribution in [2.75, 3.05) is 19.7 Å². The van der Waals surface area contributed by atoms with Crippen molar-refractivity contribution in [1.29, 1.82) is 0 Å². The van der Waals surface area contributed by atoms with E-state index in [1.54, 1.807) is 28.6 Å². The van der Waals surface area contributed by atoms with Crippen LogP contribution in [0.15, 0.2) is 59.5 Å². The molecule has 0 unspecified atom stereocenters. The maximum absolute atomic E-state index is 12.9. The first-order valence-electron chi connectivity index (χ1n) is 10.4. The quantitative estimate of drug-likeness (QED) is 0.562. The molecule has 4 nitrogen and oxygen atoms in total. The van der Waals surface area contributed by atoms with Crippen molar-refractivity contribution in [2.45, 2.75) is 50.3 Å². The summed E-state index contributed by atoms with van der Waals surface area (Å²) in [6.07, 6.45) is 6.14. The topological polar surface area (TPSA) is 46.6 Å². The van der Waals surface area contributed by atoms with Crippen LogP contribution in [0.25, 0.3) is 0 Å². The molecule has 1 saturated heterocycles. The maximum Gasteiger partial charge on any atom is 0.243 e. The third-order valence-electron chi connectivity index (χ3n) is 5.49. The van der Waals surface area contributed by atoms with Crippen LogP contribution in [0.2, 0.25) is 0 Å². The standard InChI is InChI=1S/C23H31NO3S/c1-2-3-19-27-22-11-13-23(14-12-22)28(25,26)24-17-15-21(16-18-24)10-9-20-7-5-4-6-8-20/h4-8,11-14,21H,2-3,9-10,15-19H2,1H3. The summed E-state index contributed by atoms with van der Waals surface area (Å²) in [5, 5.41) is 0. The van der Waals surface area contributed by atoms with Crippen LogP contribution in [0.1, 0.15) is 44.6 Å². The Labute approximate surface area is 169 Å². The van der Waals surface area contributed by atoms with E-state index in [0.717, 1.165) is 44.3 Å². The molecule has 2 aromatic rings. The highest BCUT2D eigenvalue weighted by Gasteiger charge is 2.29. The first kappa shape index (κ1) is 20.9. The van der Waals surface area contributed by atoms with E-state index in [4.69, 9.17) is 4.74 Å². The molecule has 0 N–H and O–H groups in total. The summed E-state index contributed by atoms with van der Waals surface area (Å²) in [7, 11) is -3.42. The van der Waals surface area contributed by atoms with Crippen molar-refractivity contribution in [3.05, 3.63) is 60.2 Å². The molecule has 2 aromatic carbocycles. The van der Waals surface area contributed by atoms with Crippen LogP contribution in [0.3, 0.4) is 0 Å². The first-order chi connectivity index (χ1) is 13.6. The molecule has 0 radical (unpaired) electrons. The molecular formula is C23H31NO3S. The number of benzene rings is 2. The van der Waals surface area contributed by atoms with Crippen LogP contribution < -0.4 is 4.74 Å². The largest absolute Gasteiger partial charge is 0.494 e. The molecule has 1 aliphatic heterocycles. The van der Waals surface area contributed by atoms with Crippen molar-refractivity contribution in [3.8, 4) is 5.75 Å². The van der Waals surface area contributed by atoms with E-state index < -0.39 is 10.0 Å². The van der Waals surface area contributed by atoms with Crippen molar-refractivity contribution in [1.82, 2.24) is 4.31 Å². The highest BCUT2D eigenvalue weighted by Crippen LogP contribution is 2.27. The summed E-state index contributed by atoms with van der Waals surface area (Å²) < 4.78 is 33.1. The lowest BCUT2D eigenvalue weighted by atomic mass is 9.91. The third-order valence-corrected chi connectivity index (χ3v) is 7.40. The van der Waals surface area contributed by atoms with Gasteiger partial charge in [0.2, 0.25) is 10.0 Å². The van der Waals surface area contributed by atoms with E-state index in [1.165, 1.54) is 5.56 Å². The molecule has 1 aliphatic rings. The minimum Gasteiger partial charge on any atom is -0.494 e. The fourth-order valence-corrected chi connectivity index (χ4v) is 5.11. The molecule has 1 heterocycles. The number of rotatable bonds is 9. The lowest BCUT2D eigenvalue weighted by Gasteiger charge is -2.31. The van der Waals surface area contributed by atoms with Crippen molar-refractivity contribution in [2.24, 2.45) is 5.92 Å². The zero-order chi connectivity index (χ0) is 19.8. The minimum atomic E-state index is -3.42. The van der Waals surface area contributed by atoms with Gasteiger partial charge in [-0.05, 0) is 67.9 Å². The first-order valence-corrected chi connectivity index (χ1v) is 11.8. The van der Waals surface area contributed by atoms with Crippen molar-refractivity contribution >= 4 is 10.0 Å². The smallest absolute Gasteiger partial charge is 0.243 e. The van der Waals surface area contributed by atoms with Gasteiger partial charge in [0.25, 0.3) is 0 Å². The lowest BCUT2D eigenvalue weighted by Crippen LogP contribution is -2.38. The van der Waals surface area contributed by atoms with Crippen LogP contribution in [0.4, 0.5) is 0 Å². The fraction of sp³-hybridized carbons (Fsp3) is 0.478. The Kier molecular flexibility index (Phi) is 7.51. The van der Waals surface area contributed by atoms with Gasteiger partial charge in [-0.15, -0.1) is 0 Å². The zero-order valence-electron chi connectivity index (χ0n) is 16.7. The molecule has 1 fully saturated rings. The molecule has 0 saturated carbocycles. The molecule has 0 amide bonds. The second-order valence-electron chi connectivity index (χ2n) is 7.55. The number of sulfonamides is 1. The molecule has 5 heteroatoms. The Morgan fingerprint density at radius 1 is 1.00 bits per heavy atom. The Hall–Kier alpha value is -1.85. The van der Waals surface area contributed by atoms with Crippen molar-refractivity contribution < 1.29 is 13.2 Å². The van der Waals surface area contributed by atoms with Crippen molar-refractivity contribution in [3.63, 3.8) is 0 Å². The maximum atomic E-state index is 12.9. The number of hydrogen-bond donors (Lipinski definition) is 0. The average Bonchev–Trinajstić information content (AvgIpc) is 2.74. The highest BCUT2D eigenvalue weighted by atomic mass is 32.2. The Bertz CT molecular complexity index is 811. The molecule has 0 aliphatic carbocycles. The third kappa shape index (κ3) is 5.58. The average molecular weight is 402 g/mol. The molecule has 0 aromatic heterocycles. The number of nitrogens with zero attached hydrogens (tertiary/aromatic N) is 1. The normalized spacial score (nSPS) is 16.2. The summed E-state index contributed by atoms with van der Waals surface area (Å²) in [6.45, 7) is 4.00. The minimum absolute atomic E-state index is 0.359. The number of piperidine rings is 1. The molecule has 0 spiro atoms. The number of ether oxygens (including phenoxy) is 1. The van der Waals surface area contributed by atoms with Gasteiger partial charge >= 0.3 is 0 Å². The van der Waals surface area contributed by atoms with E-state index in [1.807, 2.05) is 6.07 Å². The Morgan fingerprint density at radius 3 is 2.32 bits per heavy atom. The lowest BCUT2D eigenvalue weighted by molar-refractivity contribution is 0.263. The van der Waals surface area contributed by atoms with Gasteiger partial charge in [-0.1, -0.05) is 43.7 Å². The van der Waals surface area contributed by atoms with Crippen LogP contribution in [0, 0.1) is 5.92 Å². The molecule has 3 rings (SSSR count). The van der Waals surface area contributed by atoms with Gasteiger partial charge in [0, 0.05) is 13.1 Å². The van der Waals surface area contributed by atoms with Crippen LogP contribution >= 0.6 is 0 Å². The second kappa shape index (κ2) is 10.1. The van der Waals surface area contributed by atoms with E-state index >= 15 is 0 Å². The van der Waals surface area contributed by atoms with Gasteiger partial charge in [-0.25, -0.2) is 8.42 Å². The van der Waals surface area contributed by atoms with Crippen LogP contribution in [0.5, 0.6) is 5.75 Å². The van der Waals surface area contributed by atoms with E-state index in [2.05, 4.69) is 31.2 Å². The number of hydrogen-bond acceptors (Lipinski definition) is 3. The van der Waals surface area contributed by atoms with E-state index in [9.17, 15) is 8.42 Å². The summed E-state index contributed by atoms with van der Waals surface area (Å²) in [5.41, 5.74) is 1.36. The monoisotopic (exact) mass is 401 g/mol. The summed E-state index contributed by atoms with van der Waals surface area (Å²) in [5.74, 6) is 1.33. The Balaban J connectivity index is 1.51. The molecular weight excluding hydrogens is 370 g/mol. The molecule has 0 bridgehead atoms. The Morgan fingerprint density at radius 2 is 1.68 bits per heavy atom. The van der Waals surface area contributed by atoms with Gasteiger partial charge in [0.05, 0.1) is 11.5 Å². The van der Waals surface area contributed by atoms with E-state index in [0.29, 0.717) is 30.5 Å². The van der Waals surface area contributed by atoms with Gasteiger partial charge in [0.15, 0.2) is 0 Å². The number of aryl methyl sites for hydroxylation is 1. The van der Waals surface area contributed by atoms with Gasteiger partial charge < -0.3 is 4.74 Å². The highest BCUT2D eigenvalue weighted by molar-refractivity contribution is 7.89. The zero-order valence-corrected chi connectivity index (χ0v) is 17.5. The predicted octanol–water partition coefficient (Wildman–Crippen LogP) is 4.90. The predicted molar refractivity (Wildman–Crippen MR) is 113 cm³/mol. The van der Waals surface area contributed by atoms with E-state index in [-0.39, 0.29) is 0 Å². The second-order valence-corrected chi connectivity index (χ2v) is 9.48. The van der Waals surface area contributed by atoms with Crippen LogP contribution in [-0.2, 0) is 16.4 Å². The fourth-order valence-electron chi connectivity index (χ4n) is 3.65. The molecule has 152 valence electrons.